The van der Waals surface area contributed by atoms with Crippen LogP contribution in [0.5, 0.6) is 0 Å². The Hall–Kier alpha value is -3.44. The summed E-state index contributed by atoms with van der Waals surface area (Å²) in [5.74, 6) is -0.910. The van der Waals surface area contributed by atoms with Crippen molar-refractivity contribution in [2.24, 2.45) is 0 Å². The Morgan fingerprint density at radius 3 is 1.90 bits per heavy atom. The molecule has 0 spiro atoms. The molecular weight excluding hydrogens is 378 g/mol. The van der Waals surface area contributed by atoms with Gasteiger partial charge in [0, 0.05) is 0 Å². The van der Waals surface area contributed by atoms with Crippen molar-refractivity contribution in [3.8, 4) is 0 Å². The minimum Gasteiger partial charge on any atom is -0.464 e. The number of nitrogens with one attached hydrogen (secondary N) is 1. The van der Waals surface area contributed by atoms with Gasteiger partial charge in [-0.25, -0.2) is 4.79 Å². The maximum atomic E-state index is 13.0. The number of amides is 1. The first-order valence-corrected chi connectivity index (χ1v) is 9.97. The van der Waals surface area contributed by atoms with Crippen LogP contribution in [-0.4, -0.2) is 24.5 Å². The fourth-order valence-corrected chi connectivity index (χ4v) is 3.93. The highest BCUT2D eigenvalue weighted by Crippen LogP contribution is 2.44. The first kappa shape index (κ1) is 19.9. The Morgan fingerprint density at radius 1 is 0.900 bits per heavy atom. The molecule has 4 rings (SSSR count). The van der Waals surface area contributed by atoms with Crippen LogP contribution in [0.25, 0.3) is 0 Å². The molecule has 1 fully saturated rings. The average Bonchev–Trinajstić information content (AvgIpc) is 2.81. The van der Waals surface area contributed by atoms with E-state index in [-0.39, 0.29) is 12.5 Å². The van der Waals surface area contributed by atoms with Crippen molar-refractivity contribution in [1.82, 2.24) is 5.32 Å². The summed E-state index contributed by atoms with van der Waals surface area (Å²) in [6.45, 7) is 1.94. The van der Waals surface area contributed by atoms with Gasteiger partial charge in [0.2, 0.25) is 0 Å². The van der Waals surface area contributed by atoms with Gasteiger partial charge in [-0.15, -0.1) is 0 Å². The van der Waals surface area contributed by atoms with Crippen molar-refractivity contribution in [2.75, 3.05) is 6.61 Å². The van der Waals surface area contributed by atoms with Crippen LogP contribution in [0.3, 0.4) is 0 Å². The molecule has 5 heteroatoms. The number of morpholine rings is 1. The third-order valence-electron chi connectivity index (χ3n) is 5.26. The molecule has 0 saturated carbocycles. The largest absolute Gasteiger partial charge is 0.464 e. The summed E-state index contributed by atoms with van der Waals surface area (Å²) in [5, 5.41) is 2.90. The second-order valence-corrected chi connectivity index (χ2v) is 7.07. The highest BCUT2D eigenvalue weighted by molar-refractivity contribution is 5.91. The Kier molecular flexibility index (Phi) is 5.63. The highest BCUT2D eigenvalue weighted by atomic mass is 16.6. The maximum absolute atomic E-state index is 13.0. The monoisotopic (exact) mass is 401 g/mol. The predicted octanol–water partition coefficient (Wildman–Crippen LogP) is 3.75. The van der Waals surface area contributed by atoms with Gasteiger partial charge in [0.25, 0.3) is 5.91 Å². The molecule has 0 aliphatic carbocycles. The van der Waals surface area contributed by atoms with Crippen LogP contribution in [0.1, 0.15) is 29.7 Å². The molecule has 0 radical (unpaired) electrons. The van der Waals surface area contributed by atoms with Crippen molar-refractivity contribution in [3.05, 3.63) is 108 Å². The quantitative estimate of drug-likeness (QED) is 0.662. The molecule has 152 valence electrons. The number of ether oxygens (including phenoxy) is 2. The van der Waals surface area contributed by atoms with Gasteiger partial charge < -0.3 is 14.8 Å². The number of carbonyl (C=O) groups excluding carboxylic acids is 2. The third-order valence-corrected chi connectivity index (χ3v) is 5.26. The van der Waals surface area contributed by atoms with Crippen molar-refractivity contribution in [1.29, 1.82) is 0 Å². The van der Waals surface area contributed by atoms with Gasteiger partial charge in [-0.1, -0.05) is 91.0 Å². The van der Waals surface area contributed by atoms with Gasteiger partial charge >= 0.3 is 5.97 Å². The van der Waals surface area contributed by atoms with E-state index in [1.54, 1.807) is 6.92 Å². The zero-order valence-electron chi connectivity index (χ0n) is 16.7. The van der Waals surface area contributed by atoms with Crippen molar-refractivity contribution in [3.63, 3.8) is 0 Å². The molecule has 0 bridgehead atoms. The molecule has 1 amide bonds. The van der Waals surface area contributed by atoms with E-state index in [1.165, 1.54) is 0 Å². The molecule has 1 N–H and O–H groups in total. The predicted molar refractivity (Wildman–Crippen MR) is 112 cm³/mol. The Balaban J connectivity index is 1.93. The summed E-state index contributed by atoms with van der Waals surface area (Å²) in [4.78, 5) is 26.1. The van der Waals surface area contributed by atoms with Crippen LogP contribution in [0.4, 0.5) is 0 Å². The molecule has 1 saturated heterocycles. The van der Waals surface area contributed by atoms with E-state index >= 15 is 0 Å². The van der Waals surface area contributed by atoms with Crippen LogP contribution < -0.4 is 5.32 Å². The number of rotatable bonds is 5. The summed E-state index contributed by atoms with van der Waals surface area (Å²) in [6.07, 6.45) is -0.878. The Morgan fingerprint density at radius 2 is 1.40 bits per heavy atom. The lowest BCUT2D eigenvalue weighted by Crippen LogP contribution is -2.63. The van der Waals surface area contributed by atoms with Crippen molar-refractivity contribution in [2.45, 2.75) is 24.7 Å². The van der Waals surface area contributed by atoms with E-state index in [0.29, 0.717) is 5.56 Å². The Bertz CT molecular complexity index is 966. The topological polar surface area (TPSA) is 64.6 Å². The van der Waals surface area contributed by atoms with E-state index in [1.807, 2.05) is 91.0 Å². The summed E-state index contributed by atoms with van der Waals surface area (Å²) in [6, 6.07) is 27.2. The molecule has 1 aliphatic heterocycles. The average molecular weight is 401 g/mol. The van der Waals surface area contributed by atoms with Crippen LogP contribution in [0.15, 0.2) is 91.0 Å². The standard InChI is InChI=1S/C25H23NO4/c1-2-29-24(28)22-25(19-14-8-4-9-15-19,20-16-10-5-11-17-20)30-21(23(27)26-22)18-12-6-3-7-13-18/h3-17,21-22H,2H2,1H3,(H,26,27). The first-order valence-electron chi connectivity index (χ1n) is 9.97. The smallest absolute Gasteiger partial charge is 0.332 e. The van der Waals surface area contributed by atoms with Crippen molar-refractivity contribution >= 4 is 11.9 Å². The molecule has 30 heavy (non-hydrogen) atoms. The number of carbonyl (C=O) groups is 2. The van der Waals surface area contributed by atoms with Crippen LogP contribution in [0, 0.1) is 0 Å². The van der Waals surface area contributed by atoms with E-state index in [4.69, 9.17) is 9.47 Å². The molecule has 5 nitrogen and oxygen atoms in total. The molecule has 2 atom stereocenters. The zero-order valence-corrected chi connectivity index (χ0v) is 16.7. The normalized spacial score (nSPS) is 20.2. The van der Waals surface area contributed by atoms with E-state index in [2.05, 4.69) is 5.32 Å². The molecular formula is C25H23NO4. The maximum Gasteiger partial charge on any atom is 0.332 e. The zero-order chi connectivity index (χ0) is 21.0. The number of benzene rings is 3. The lowest BCUT2D eigenvalue weighted by Gasteiger charge is -2.46. The second-order valence-electron chi connectivity index (χ2n) is 7.07. The molecule has 3 aromatic rings. The summed E-state index contributed by atoms with van der Waals surface area (Å²) in [5.41, 5.74) is 0.988. The van der Waals surface area contributed by atoms with E-state index < -0.39 is 23.7 Å². The second kappa shape index (κ2) is 8.51. The van der Waals surface area contributed by atoms with E-state index in [9.17, 15) is 9.59 Å². The summed E-state index contributed by atoms with van der Waals surface area (Å²) in [7, 11) is 0. The van der Waals surface area contributed by atoms with Gasteiger partial charge in [-0.2, -0.15) is 0 Å². The highest BCUT2D eigenvalue weighted by Gasteiger charge is 2.55. The molecule has 2 unspecified atom stereocenters. The third kappa shape index (κ3) is 3.48. The van der Waals surface area contributed by atoms with Crippen LogP contribution in [-0.2, 0) is 24.7 Å². The van der Waals surface area contributed by atoms with Crippen LogP contribution in [0.2, 0.25) is 0 Å². The lowest BCUT2D eigenvalue weighted by molar-refractivity contribution is -0.181. The fraction of sp³-hybridized carbons (Fsp3) is 0.200. The first-order chi connectivity index (χ1) is 14.7. The number of esters is 1. The molecule has 1 aliphatic rings. The minimum absolute atomic E-state index is 0.201. The summed E-state index contributed by atoms with van der Waals surface area (Å²) < 4.78 is 11.9. The van der Waals surface area contributed by atoms with Gasteiger partial charge in [0.05, 0.1) is 6.61 Å². The number of hydrogen-bond donors (Lipinski definition) is 1. The van der Waals surface area contributed by atoms with Gasteiger partial charge in [0.15, 0.2) is 17.7 Å². The van der Waals surface area contributed by atoms with Crippen LogP contribution >= 0.6 is 0 Å². The molecule has 0 aromatic heterocycles. The fourth-order valence-electron chi connectivity index (χ4n) is 3.93. The van der Waals surface area contributed by atoms with Gasteiger partial charge in [-0.05, 0) is 23.6 Å². The molecule has 3 aromatic carbocycles. The number of hydrogen-bond acceptors (Lipinski definition) is 4. The minimum atomic E-state index is -1.25. The lowest BCUT2D eigenvalue weighted by atomic mass is 9.78. The van der Waals surface area contributed by atoms with Crippen molar-refractivity contribution < 1.29 is 19.1 Å². The SMILES string of the molecule is CCOC(=O)C1NC(=O)C(c2ccccc2)OC1(c1ccccc1)c1ccccc1. The van der Waals surface area contributed by atoms with Gasteiger partial charge in [0.1, 0.15) is 0 Å². The molecule has 1 heterocycles. The summed E-state index contributed by atoms with van der Waals surface area (Å²) >= 11 is 0. The van der Waals surface area contributed by atoms with Gasteiger partial charge in [-0.3, -0.25) is 4.79 Å². The Labute approximate surface area is 175 Å². The van der Waals surface area contributed by atoms with E-state index in [0.717, 1.165) is 11.1 Å².